The molecule has 1 aromatic carbocycles. The highest BCUT2D eigenvalue weighted by atomic mass is 35.5. The average Bonchev–Trinajstić information content (AvgIpc) is 2.85. The SMILES string of the molecule is C/C=C/CCCCCCCCOc1ncc(-c2ccc(OC(=O)C(Cl)C(C)CC)cc2)cn1. The number of aromatic nitrogens is 2. The Morgan fingerprint density at radius 1 is 1.00 bits per heavy atom. The van der Waals surface area contributed by atoms with Crippen LogP contribution in [0.2, 0.25) is 0 Å². The molecule has 0 spiro atoms. The third-order valence-electron chi connectivity index (χ3n) is 5.63. The fourth-order valence-electron chi connectivity index (χ4n) is 3.27. The first-order valence-corrected chi connectivity index (χ1v) is 12.5. The molecular formula is C27H37ClN2O3. The Balaban J connectivity index is 1.71. The molecule has 0 fully saturated rings. The fraction of sp³-hybridized carbons (Fsp3) is 0.519. The normalized spacial score (nSPS) is 13.1. The predicted molar refractivity (Wildman–Crippen MR) is 135 cm³/mol. The van der Waals surface area contributed by atoms with Gasteiger partial charge in [0, 0.05) is 18.0 Å². The number of hydrogen-bond acceptors (Lipinski definition) is 5. The number of hydrogen-bond donors (Lipinski definition) is 0. The van der Waals surface area contributed by atoms with E-state index in [4.69, 9.17) is 21.1 Å². The number of rotatable bonds is 15. The van der Waals surface area contributed by atoms with Crippen LogP contribution in [0, 0.1) is 5.92 Å². The maximum atomic E-state index is 12.1. The molecule has 0 aliphatic heterocycles. The molecule has 0 saturated carbocycles. The van der Waals surface area contributed by atoms with Crippen LogP contribution in [0.4, 0.5) is 0 Å². The third-order valence-corrected chi connectivity index (χ3v) is 6.24. The molecule has 2 aromatic rings. The van der Waals surface area contributed by atoms with Crippen molar-refractivity contribution >= 4 is 17.6 Å². The van der Waals surface area contributed by atoms with Crippen molar-refractivity contribution in [1.82, 2.24) is 9.97 Å². The van der Waals surface area contributed by atoms with Gasteiger partial charge >= 0.3 is 12.0 Å². The first kappa shape index (κ1) is 26.8. The highest BCUT2D eigenvalue weighted by Gasteiger charge is 2.23. The molecule has 33 heavy (non-hydrogen) atoms. The van der Waals surface area contributed by atoms with Crippen LogP contribution in [0.3, 0.4) is 0 Å². The lowest BCUT2D eigenvalue weighted by molar-refractivity contribution is -0.134. The molecule has 0 radical (unpaired) electrons. The van der Waals surface area contributed by atoms with Gasteiger partial charge in [0.1, 0.15) is 11.1 Å². The van der Waals surface area contributed by atoms with Gasteiger partial charge in [-0.05, 0) is 49.8 Å². The molecule has 0 amide bonds. The Kier molecular flexibility index (Phi) is 12.6. The van der Waals surface area contributed by atoms with Crippen LogP contribution in [0.15, 0.2) is 48.8 Å². The molecule has 0 saturated heterocycles. The van der Waals surface area contributed by atoms with Crippen molar-refractivity contribution in [2.24, 2.45) is 5.92 Å². The van der Waals surface area contributed by atoms with Gasteiger partial charge in [-0.25, -0.2) is 9.97 Å². The van der Waals surface area contributed by atoms with Gasteiger partial charge in [0.25, 0.3) is 0 Å². The van der Waals surface area contributed by atoms with Crippen molar-refractivity contribution in [1.29, 1.82) is 0 Å². The van der Waals surface area contributed by atoms with Crippen molar-refractivity contribution in [3.63, 3.8) is 0 Å². The molecule has 180 valence electrons. The van der Waals surface area contributed by atoms with E-state index in [9.17, 15) is 4.79 Å². The summed E-state index contributed by atoms with van der Waals surface area (Å²) < 4.78 is 11.1. The van der Waals surface area contributed by atoms with Gasteiger partial charge in [-0.1, -0.05) is 70.2 Å². The average molecular weight is 473 g/mol. The van der Waals surface area contributed by atoms with E-state index in [1.807, 2.05) is 26.0 Å². The van der Waals surface area contributed by atoms with E-state index >= 15 is 0 Å². The molecule has 2 unspecified atom stereocenters. The summed E-state index contributed by atoms with van der Waals surface area (Å²) in [6, 6.07) is 7.63. The lowest BCUT2D eigenvalue weighted by Gasteiger charge is -2.15. The number of unbranched alkanes of at least 4 members (excludes halogenated alkanes) is 6. The van der Waals surface area contributed by atoms with Crippen LogP contribution in [0.1, 0.15) is 72.1 Å². The van der Waals surface area contributed by atoms with E-state index in [1.165, 1.54) is 38.5 Å². The summed E-state index contributed by atoms with van der Waals surface area (Å²) in [7, 11) is 0. The summed E-state index contributed by atoms with van der Waals surface area (Å²) in [5.41, 5.74) is 1.80. The van der Waals surface area contributed by atoms with Crippen molar-refractivity contribution in [3.05, 3.63) is 48.8 Å². The number of ether oxygens (including phenoxy) is 2. The van der Waals surface area contributed by atoms with Crippen molar-refractivity contribution < 1.29 is 14.3 Å². The van der Waals surface area contributed by atoms with Gasteiger partial charge in [0.05, 0.1) is 6.61 Å². The van der Waals surface area contributed by atoms with Crippen molar-refractivity contribution in [2.75, 3.05) is 6.61 Å². The number of nitrogens with zero attached hydrogens (tertiary/aromatic N) is 2. The number of carbonyl (C=O) groups excluding carboxylic acids is 1. The van der Waals surface area contributed by atoms with Gasteiger partial charge in [-0.3, -0.25) is 4.79 Å². The van der Waals surface area contributed by atoms with Crippen molar-refractivity contribution in [3.8, 4) is 22.9 Å². The zero-order valence-electron chi connectivity index (χ0n) is 20.1. The first-order valence-electron chi connectivity index (χ1n) is 12.1. The largest absolute Gasteiger partial charge is 0.463 e. The van der Waals surface area contributed by atoms with Gasteiger partial charge in [0.2, 0.25) is 0 Å². The lowest BCUT2D eigenvalue weighted by Crippen LogP contribution is -2.26. The molecule has 2 atom stereocenters. The summed E-state index contributed by atoms with van der Waals surface area (Å²) in [4.78, 5) is 20.7. The molecule has 2 rings (SSSR count). The summed E-state index contributed by atoms with van der Waals surface area (Å²) >= 11 is 6.16. The molecular weight excluding hydrogens is 436 g/mol. The molecule has 0 N–H and O–H groups in total. The van der Waals surface area contributed by atoms with E-state index in [1.54, 1.807) is 24.5 Å². The van der Waals surface area contributed by atoms with Gasteiger partial charge in [-0.2, -0.15) is 0 Å². The maximum Gasteiger partial charge on any atom is 0.329 e. The molecule has 0 aliphatic carbocycles. The second-order valence-electron chi connectivity index (χ2n) is 8.31. The number of carbonyl (C=O) groups is 1. The summed E-state index contributed by atoms with van der Waals surface area (Å²) in [6.45, 7) is 6.64. The predicted octanol–water partition coefficient (Wildman–Crippen LogP) is 7.39. The molecule has 1 aromatic heterocycles. The van der Waals surface area contributed by atoms with E-state index in [0.717, 1.165) is 24.0 Å². The zero-order valence-corrected chi connectivity index (χ0v) is 20.9. The quantitative estimate of drug-likeness (QED) is 0.0888. The molecule has 0 bridgehead atoms. The Labute approximate surface area is 203 Å². The molecule has 0 aliphatic rings. The van der Waals surface area contributed by atoms with Crippen LogP contribution < -0.4 is 9.47 Å². The van der Waals surface area contributed by atoms with E-state index in [2.05, 4.69) is 29.0 Å². The minimum Gasteiger partial charge on any atom is -0.463 e. The number of halogens is 1. The van der Waals surface area contributed by atoms with Crippen molar-refractivity contribution in [2.45, 2.75) is 77.5 Å². The van der Waals surface area contributed by atoms with Crippen LogP contribution in [-0.4, -0.2) is 27.9 Å². The van der Waals surface area contributed by atoms with Crippen LogP contribution >= 0.6 is 11.6 Å². The second kappa shape index (κ2) is 15.4. The molecule has 6 heteroatoms. The Hall–Kier alpha value is -2.40. The minimum absolute atomic E-state index is 0.0644. The number of esters is 1. The number of benzene rings is 1. The zero-order chi connectivity index (χ0) is 23.9. The number of allylic oxidation sites excluding steroid dienone is 2. The second-order valence-corrected chi connectivity index (χ2v) is 8.78. The molecule has 5 nitrogen and oxygen atoms in total. The standard InChI is InChI=1S/C27H37ClN2O3/c1-4-6-7-8-9-10-11-12-13-18-32-27-29-19-23(20-30-27)22-14-16-24(17-15-22)33-26(31)25(28)21(3)5-2/h4,6,14-17,19-21,25H,5,7-13,18H2,1-3H3/b6-4+. The summed E-state index contributed by atoms with van der Waals surface area (Å²) in [5.74, 6) is 0.110. The summed E-state index contributed by atoms with van der Waals surface area (Å²) in [6.07, 6.45) is 17.1. The smallest absolute Gasteiger partial charge is 0.329 e. The Morgan fingerprint density at radius 2 is 1.64 bits per heavy atom. The van der Waals surface area contributed by atoms with Crippen LogP contribution in [-0.2, 0) is 4.79 Å². The number of alkyl halides is 1. The van der Waals surface area contributed by atoms with E-state index in [-0.39, 0.29) is 5.92 Å². The summed E-state index contributed by atoms with van der Waals surface area (Å²) in [5, 5.41) is -0.649. The highest BCUT2D eigenvalue weighted by molar-refractivity contribution is 6.30. The van der Waals surface area contributed by atoms with Gasteiger partial charge in [-0.15, -0.1) is 11.6 Å². The minimum atomic E-state index is -0.649. The van der Waals surface area contributed by atoms with Gasteiger partial charge in [0.15, 0.2) is 0 Å². The van der Waals surface area contributed by atoms with Crippen LogP contribution in [0.5, 0.6) is 11.8 Å². The first-order chi connectivity index (χ1) is 16.0. The Bertz CT molecular complexity index is 837. The van der Waals surface area contributed by atoms with E-state index in [0.29, 0.717) is 18.4 Å². The fourth-order valence-corrected chi connectivity index (χ4v) is 3.49. The maximum absolute atomic E-state index is 12.1. The van der Waals surface area contributed by atoms with Crippen LogP contribution in [0.25, 0.3) is 11.1 Å². The monoisotopic (exact) mass is 472 g/mol. The van der Waals surface area contributed by atoms with E-state index < -0.39 is 11.3 Å². The topological polar surface area (TPSA) is 61.3 Å². The van der Waals surface area contributed by atoms with Gasteiger partial charge < -0.3 is 9.47 Å². The lowest BCUT2D eigenvalue weighted by atomic mass is 10.1. The Morgan fingerprint density at radius 3 is 2.27 bits per heavy atom. The highest BCUT2D eigenvalue weighted by Crippen LogP contribution is 2.23. The third kappa shape index (κ3) is 9.95. The molecule has 1 heterocycles.